The molecule has 8 heteroatoms. The molecule has 0 aromatic heterocycles. The number of hydrogen-bond donors (Lipinski definition) is 2. The van der Waals surface area contributed by atoms with Gasteiger partial charge in [-0.25, -0.2) is 0 Å². The molecular weight excluding hydrogens is 544 g/mol. The first-order valence-electron chi connectivity index (χ1n) is 15.4. The van der Waals surface area contributed by atoms with Gasteiger partial charge in [0.1, 0.15) is 5.75 Å². The van der Waals surface area contributed by atoms with Crippen LogP contribution in [-0.2, 0) is 22.4 Å². The van der Waals surface area contributed by atoms with Crippen molar-refractivity contribution in [3.05, 3.63) is 82.4 Å². The summed E-state index contributed by atoms with van der Waals surface area (Å²) in [5.41, 5.74) is 5.95. The number of carbonyl (C=O) groups excluding carboxylic acids is 1. The van der Waals surface area contributed by atoms with E-state index in [1.807, 2.05) is 47.4 Å². The van der Waals surface area contributed by atoms with Crippen molar-refractivity contribution in [1.29, 1.82) is 0 Å². The van der Waals surface area contributed by atoms with Crippen LogP contribution < -0.4 is 19.5 Å². The number of carboxylic acid groups (broad SMARTS) is 1. The monoisotopic (exact) mass is 584 g/mol. The van der Waals surface area contributed by atoms with E-state index in [2.05, 4.69) is 38.2 Å². The zero-order valence-corrected chi connectivity index (χ0v) is 25.1. The first-order valence-corrected chi connectivity index (χ1v) is 15.4. The number of carboxylic acids is 1. The Morgan fingerprint density at radius 2 is 1.63 bits per heavy atom. The van der Waals surface area contributed by atoms with E-state index in [1.165, 1.54) is 18.4 Å². The highest BCUT2D eigenvalue weighted by atomic mass is 16.7. The number of ether oxygens (including phenoxy) is 3. The van der Waals surface area contributed by atoms with Gasteiger partial charge < -0.3 is 24.6 Å². The third kappa shape index (κ3) is 6.20. The fourth-order valence-corrected chi connectivity index (χ4v) is 6.56. The van der Waals surface area contributed by atoms with Gasteiger partial charge in [0.05, 0.1) is 19.1 Å². The van der Waals surface area contributed by atoms with Gasteiger partial charge in [-0.2, -0.15) is 0 Å². The fourth-order valence-electron chi connectivity index (χ4n) is 6.56. The molecule has 226 valence electrons. The Labute approximate surface area is 252 Å². The van der Waals surface area contributed by atoms with Crippen LogP contribution in [0.1, 0.15) is 66.5 Å². The molecule has 0 radical (unpaired) electrons. The first kappa shape index (κ1) is 29.1. The Morgan fingerprint density at radius 1 is 0.953 bits per heavy atom. The van der Waals surface area contributed by atoms with Crippen LogP contribution in [0.5, 0.6) is 17.2 Å². The van der Waals surface area contributed by atoms with Gasteiger partial charge in [-0.15, -0.1) is 0 Å². The highest BCUT2D eigenvalue weighted by molar-refractivity contribution is 5.94. The van der Waals surface area contributed by atoms with Crippen molar-refractivity contribution in [2.75, 3.05) is 31.8 Å². The van der Waals surface area contributed by atoms with Crippen molar-refractivity contribution < 1.29 is 28.9 Å². The van der Waals surface area contributed by atoms with E-state index in [4.69, 9.17) is 14.2 Å². The van der Waals surface area contributed by atoms with E-state index >= 15 is 0 Å². The Bertz CT molecular complexity index is 1470. The largest absolute Gasteiger partial charge is 0.493 e. The molecule has 1 saturated heterocycles. The lowest BCUT2D eigenvalue weighted by molar-refractivity contribution is -0.143. The average Bonchev–Trinajstić information content (AvgIpc) is 3.58. The summed E-state index contributed by atoms with van der Waals surface area (Å²) in [7, 11) is 0. The second-order valence-corrected chi connectivity index (χ2v) is 12.0. The molecule has 1 amide bonds. The molecule has 3 aromatic rings. The van der Waals surface area contributed by atoms with Crippen LogP contribution in [0, 0.1) is 18.8 Å². The molecule has 2 N–H and O–H groups in total. The Kier molecular flexibility index (Phi) is 8.30. The van der Waals surface area contributed by atoms with Crippen LogP contribution >= 0.6 is 0 Å². The molecule has 2 heterocycles. The SMILES string of the molecule is CCc1cc(C)cc(CC)c1NC(=O)CN1C[C@H](c2ccc3c(c2)OCO3)C(C(=O)O)[C@@H]1c1ccc(OCC2CC2)cc1. The van der Waals surface area contributed by atoms with Gasteiger partial charge in [-0.3, -0.25) is 14.5 Å². The Morgan fingerprint density at radius 3 is 2.28 bits per heavy atom. The van der Waals surface area contributed by atoms with Gasteiger partial charge in [0.15, 0.2) is 11.5 Å². The summed E-state index contributed by atoms with van der Waals surface area (Å²) >= 11 is 0. The smallest absolute Gasteiger partial charge is 0.309 e. The molecule has 6 rings (SSSR count). The summed E-state index contributed by atoms with van der Waals surface area (Å²) in [6, 6.07) is 17.1. The van der Waals surface area contributed by atoms with Crippen LogP contribution in [0.2, 0.25) is 0 Å². The molecular formula is C35H40N2O6. The zero-order chi connectivity index (χ0) is 30.1. The van der Waals surface area contributed by atoms with Crippen LogP contribution in [0.3, 0.4) is 0 Å². The molecule has 1 saturated carbocycles. The quantitative estimate of drug-likeness (QED) is 0.280. The zero-order valence-electron chi connectivity index (χ0n) is 25.1. The fraction of sp³-hybridized carbons (Fsp3) is 0.429. The maximum atomic E-state index is 13.7. The van der Waals surface area contributed by atoms with Crippen molar-refractivity contribution >= 4 is 17.6 Å². The van der Waals surface area contributed by atoms with E-state index in [9.17, 15) is 14.7 Å². The van der Waals surface area contributed by atoms with E-state index in [0.717, 1.165) is 46.5 Å². The number of likely N-dealkylation sites (tertiary alicyclic amines) is 1. The second kappa shape index (κ2) is 12.3. The number of benzene rings is 3. The van der Waals surface area contributed by atoms with Gasteiger partial charge in [-0.05, 0) is 85.0 Å². The summed E-state index contributed by atoms with van der Waals surface area (Å²) in [6.07, 6.45) is 4.03. The number of aryl methyl sites for hydroxylation is 3. The van der Waals surface area contributed by atoms with Gasteiger partial charge in [0, 0.05) is 24.2 Å². The molecule has 3 aromatic carbocycles. The van der Waals surface area contributed by atoms with Crippen molar-refractivity contribution in [2.24, 2.45) is 11.8 Å². The Balaban J connectivity index is 1.31. The van der Waals surface area contributed by atoms with E-state index in [0.29, 0.717) is 30.6 Å². The predicted molar refractivity (Wildman–Crippen MR) is 164 cm³/mol. The van der Waals surface area contributed by atoms with Gasteiger partial charge >= 0.3 is 5.97 Å². The number of nitrogens with zero attached hydrogens (tertiary/aromatic N) is 1. The molecule has 43 heavy (non-hydrogen) atoms. The number of anilines is 1. The van der Waals surface area contributed by atoms with Crippen molar-refractivity contribution in [2.45, 2.75) is 58.4 Å². The first-order chi connectivity index (χ1) is 20.8. The summed E-state index contributed by atoms with van der Waals surface area (Å²) in [6.45, 7) is 7.58. The number of fused-ring (bicyclic) bond motifs is 1. The number of nitrogens with one attached hydrogen (secondary N) is 1. The minimum Gasteiger partial charge on any atom is -0.493 e. The molecule has 2 fully saturated rings. The maximum Gasteiger partial charge on any atom is 0.309 e. The lowest BCUT2D eigenvalue weighted by Crippen LogP contribution is -2.35. The predicted octanol–water partition coefficient (Wildman–Crippen LogP) is 6.12. The molecule has 3 aliphatic rings. The van der Waals surface area contributed by atoms with Crippen LogP contribution in [0.15, 0.2) is 54.6 Å². The normalized spacial score (nSPS) is 21.1. The highest BCUT2D eigenvalue weighted by Gasteiger charge is 2.48. The van der Waals surface area contributed by atoms with E-state index in [-0.39, 0.29) is 25.2 Å². The van der Waals surface area contributed by atoms with Crippen molar-refractivity contribution in [1.82, 2.24) is 4.90 Å². The molecule has 3 atom stereocenters. The summed E-state index contributed by atoms with van der Waals surface area (Å²) in [5.74, 6) is 0.497. The molecule has 1 unspecified atom stereocenters. The molecule has 0 spiro atoms. The van der Waals surface area contributed by atoms with E-state index in [1.54, 1.807) is 0 Å². The standard InChI is InChI=1S/C35H40N2O6/c1-4-23-14-21(3)15-24(5-2)33(23)36-31(38)18-37-17-28(26-10-13-29-30(16-26)43-20-42-29)32(35(39)40)34(37)25-8-11-27(12-9-25)41-19-22-6-7-22/h8-16,22,28,32,34H,4-7,17-20H2,1-3H3,(H,36,38)(H,39,40)/t28-,32?,34+/m1/s1. The number of hydrogen-bond acceptors (Lipinski definition) is 6. The minimum atomic E-state index is -0.898. The number of carbonyl (C=O) groups is 2. The van der Waals surface area contributed by atoms with Crippen LogP contribution in [0.4, 0.5) is 5.69 Å². The summed E-state index contributed by atoms with van der Waals surface area (Å²) < 4.78 is 17.0. The molecule has 0 bridgehead atoms. The summed E-state index contributed by atoms with van der Waals surface area (Å²) in [4.78, 5) is 28.7. The number of rotatable bonds is 11. The van der Waals surface area contributed by atoms with Crippen LogP contribution in [-0.4, -0.2) is 48.4 Å². The topological polar surface area (TPSA) is 97.3 Å². The van der Waals surface area contributed by atoms with Crippen molar-refractivity contribution in [3.63, 3.8) is 0 Å². The third-order valence-corrected chi connectivity index (χ3v) is 8.93. The molecule has 1 aliphatic carbocycles. The molecule has 2 aliphatic heterocycles. The Hall–Kier alpha value is -4.04. The van der Waals surface area contributed by atoms with Gasteiger partial charge in [0.25, 0.3) is 0 Å². The van der Waals surface area contributed by atoms with Crippen LogP contribution in [0.25, 0.3) is 0 Å². The molecule has 8 nitrogen and oxygen atoms in total. The van der Waals surface area contributed by atoms with Crippen molar-refractivity contribution in [3.8, 4) is 17.2 Å². The number of aliphatic carboxylic acids is 1. The second-order valence-electron chi connectivity index (χ2n) is 12.0. The lowest BCUT2D eigenvalue weighted by Gasteiger charge is -2.27. The maximum absolute atomic E-state index is 13.7. The number of amides is 1. The minimum absolute atomic E-state index is 0.0651. The van der Waals surface area contributed by atoms with Gasteiger partial charge in [0.2, 0.25) is 12.7 Å². The summed E-state index contributed by atoms with van der Waals surface area (Å²) in [5, 5.41) is 13.8. The lowest BCUT2D eigenvalue weighted by atomic mass is 9.82. The van der Waals surface area contributed by atoms with E-state index < -0.39 is 17.9 Å². The average molecular weight is 585 g/mol. The third-order valence-electron chi connectivity index (χ3n) is 8.93. The highest BCUT2D eigenvalue weighted by Crippen LogP contribution is 2.48. The van der Waals surface area contributed by atoms with Gasteiger partial charge in [-0.1, -0.05) is 49.7 Å².